The van der Waals surface area contributed by atoms with Gasteiger partial charge in [-0.1, -0.05) is 48.0 Å². The van der Waals surface area contributed by atoms with E-state index in [1.165, 1.54) is 4.90 Å². The van der Waals surface area contributed by atoms with Crippen LogP contribution in [0.4, 0.5) is 4.79 Å². The van der Waals surface area contributed by atoms with Crippen LogP contribution in [0.15, 0.2) is 54.7 Å². The monoisotopic (exact) mass is 814 g/mol. The Kier molecular flexibility index (Phi) is 16.1. The number of sulfone groups is 1. The second-order valence-corrected chi connectivity index (χ2v) is 16.6. The average Bonchev–Trinajstić information content (AvgIpc) is 3.58. The van der Waals surface area contributed by atoms with Crippen molar-refractivity contribution in [1.82, 2.24) is 36.5 Å². The summed E-state index contributed by atoms with van der Waals surface area (Å²) < 4.78 is 24.0. The van der Waals surface area contributed by atoms with E-state index in [1.54, 1.807) is 6.20 Å². The third kappa shape index (κ3) is 13.3. The molecule has 0 radical (unpaired) electrons. The zero-order valence-corrected chi connectivity index (χ0v) is 33.1. The number of nitrogens with two attached hydrogens (primary N) is 1. The molecule has 0 bridgehead atoms. The first kappa shape index (κ1) is 43.6. The zero-order chi connectivity index (χ0) is 40.8. The number of carbonyl (C=O) groups excluding carboxylic acids is 6. The van der Waals surface area contributed by atoms with Gasteiger partial charge in [0.05, 0.1) is 5.75 Å². The minimum atomic E-state index is -3.50. The molecule has 3 unspecified atom stereocenters. The Bertz CT molecular complexity index is 1970. The molecule has 4 atom stereocenters. The number of likely N-dealkylation sites (tertiary alicyclic amines) is 1. The van der Waals surface area contributed by atoms with Crippen molar-refractivity contribution in [3.05, 3.63) is 71.4 Å². The maximum Gasteiger partial charge on any atom is 0.312 e. The minimum Gasteiger partial charge on any atom is -0.361 e. The van der Waals surface area contributed by atoms with Gasteiger partial charge in [0, 0.05) is 49.4 Å². The molecule has 2 aromatic carbocycles. The van der Waals surface area contributed by atoms with Crippen molar-refractivity contribution in [3.63, 3.8) is 0 Å². The van der Waals surface area contributed by atoms with Crippen LogP contribution in [0.1, 0.15) is 55.2 Å². The molecular formula is C38H51ClN8O8S. The fourth-order valence-electron chi connectivity index (χ4n) is 6.57. The predicted octanol–water partition coefficient (Wildman–Crippen LogP) is 1.29. The standard InChI is InChI=1S/C38H51ClN8O8S/c1-24-12-14-25(15-13-24)22-43-34(49)29(10-7-17-41-38(40)53)45-35(50)31(20-26-23-42-28-9-4-3-8-27(26)28)46-36(51)32-11-5-6-18-47(32)37(52)30(44-33(48)21-39)16-19-56(2,54)55/h3-4,8-9,12-15,23,29-32,42H,5-7,10-11,16-22H2,1-2H3,(H,43,49)(H,44,48)(H,45,50)(H,46,51)(H3,40,41,53)/t29?,30?,31?,32-/m0/s1. The number of H-pyrrole nitrogens is 1. The summed E-state index contributed by atoms with van der Waals surface area (Å²) in [5.41, 5.74) is 8.65. The highest BCUT2D eigenvalue weighted by molar-refractivity contribution is 7.90. The van der Waals surface area contributed by atoms with Gasteiger partial charge in [0.1, 0.15) is 39.9 Å². The molecule has 16 nitrogen and oxygen atoms in total. The highest BCUT2D eigenvalue weighted by atomic mass is 35.5. The van der Waals surface area contributed by atoms with Crippen LogP contribution in [-0.4, -0.2) is 109 Å². The van der Waals surface area contributed by atoms with Crippen LogP contribution in [0.25, 0.3) is 10.9 Å². The number of nitrogens with one attached hydrogen (secondary N) is 6. The van der Waals surface area contributed by atoms with Crippen molar-refractivity contribution in [2.75, 3.05) is 31.0 Å². The summed E-state index contributed by atoms with van der Waals surface area (Å²) >= 11 is 5.69. The lowest BCUT2D eigenvalue weighted by Gasteiger charge is -2.37. The summed E-state index contributed by atoms with van der Waals surface area (Å²) in [4.78, 5) is 83.9. The van der Waals surface area contributed by atoms with Crippen LogP contribution in [-0.2, 0) is 46.8 Å². The zero-order valence-electron chi connectivity index (χ0n) is 31.6. The number of primary amides is 1. The lowest BCUT2D eigenvalue weighted by molar-refractivity contribution is -0.145. The quantitative estimate of drug-likeness (QED) is 0.0686. The normalized spacial score (nSPS) is 15.9. The lowest BCUT2D eigenvalue weighted by atomic mass is 9.98. The molecule has 1 aliphatic rings. The van der Waals surface area contributed by atoms with Crippen molar-refractivity contribution in [2.24, 2.45) is 5.73 Å². The van der Waals surface area contributed by atoms with E-state index < -0.39 is 75.5 Å². The number of hydrogen-bond acceptors (Lipinski definition) is 8. The third-order valence-electron chi connectivity index (χ3n) is 9.54. The molecule has 1 fully saturated rings. The number of hydrogen-bond donors (Lipinski definition) is 7. The van der Waals surface area contributed by atoms with E-state index in [1.807, 2.05) is 55.5 Å². The molecule has 0 aliphatic carbocycles. The number of fused-ring (bicyclic) bond motifs is 1. The van der Waals surface area contributed by atoms with E-state index in [2.05, 4.69) is 31.6 Å². The Balaban J connectivity index is 1.59. The molecule has 0 saturated carbocycles. The van der Waals surface area contributed by atoms with Gasteiger partial charge in [-0.15, -0.1) is 11.6 Å². The van der Waals surface area contributed by atoms with Gasteiger partial charge in [-0.05, 0) is 62.6 Å². The van der Waals surface area contributed by atoms with E-state index >= 15 is 0 Å². The van der Waals surface area contributed by atoms with Crippen molar-refractivity contribution in [1.29, 1.82) is 0 Å². The van der Waals surface area contributed by atoms with Crippen LogP contribution in [0, 0.1) is 6.92 Å². The summed E-state index contributed by atoms with van der Waals surface area (Å²) in [6, 6.07) is 9.75. The second-order valence-electron chi connectivity index (χ2n) is 14.0. The van der Waals surface area contributed by atoms with Crippen LogP contribution in [0.5, 0.6) is 0 Å². The number of aromatic amines is 1. The third-order valence-corrected chi connectivity index (χ3v) is 10.8. The molecule has 8 N–H and O–H groups in total. The number of alkyl halides is 1. The van der Waals surface area contributed by atoms with Crippen molar-refractivity contribution < 1.29 is 37.2 Å². The molecule has 18 heteroatoms. The number of amides is 7. The molecule has 0 spiro atoms. The van der Waals surface area contributed by atoms with Gasteiger partial charge in [0.15, 0.2) is 0 Å². The Hall–Kier alpha value is -5.16. The van der Waals surface area contributed by atoms with Crippen molar-refractivity contribution >= 4 is 67.9 Å². The number of urea groups is 1. The number of aromatic nitrogens is 1. The number of halogens is 1. The Labute approximate surface area is 331 Å². The van der Waals surface area contributed by atoms with Crippen LogP contribution < -0.4 is 32.3 Å². The first-order chi connectivity index (χ1) is 26.6. The highest BCUT2D eigenvalue weighted by Gasteiger charge is 2.38. The first-order valence-electron chi connectivity index (χ1n) is 18.5. The Morgan fingerprint density at radius 1 is 0.911 bits per heavy atom. The fourth-order valence-corrected chi connectivity index (χ4v) is 7.31. The van der Waals surface area contributed by atoms with Crippen LogP contribution in [0.3, 0.4) is 0 Å². The van der Waals surface area contributed by atoms with Gasteiger partial charge < -0.3 is 42.2 Å². The van der Waals surface area contributed by atoms with E-state index in [9.17, 15) is 37.2 Å². The average molecular weight is 815 g/mol. The molecule has 2 heterocycles. The fraction of sp³-hybridized carbons (Fsp3) is 0.474. The molecule has 7 amide bonds. The number of aryl methyl sites for hydroxylation is 1. The second kappa shape index (κ2) is 20.7. The molecular weight excluding hydrogens is 764 g/mol. The van der Waals surface area contributed by atoms with Crippen molar-refractivity contribution in [3.8, 4) is 0 Å². The number of para-hydroxylation sites is 1. The smallest absolute Gasteiger partial charge is 0.312 e. The molecule has 304 valence electrons. The minimum absolute atomic E-state index is 0.0198. The largest absolute Gasteiger partial charge is 0.361 e. The summed E-state index contributed by atoms with van der Waals surface area (Å²) in [5.74, 6) is -3.91. The highest BCUT2D eigenvalue weighted by Crippen LogP contribution is 2.22. The summed E-state index contributed by atoms with van der Waals surface area (Å²) in [7, 11) is -3.50. The van der Waals surface area contributed by atoms with Gasteiger partial charge in [0.2, 0.25) is 29.5 Å². The topological polar surface area (TPSA) is 242 Å². The maximum atomic E-state index is 14.2. The molecule has 1 aromatic heterocycles. The lowest BCUT2D eigenvalue weighted by Crippen LogP contribution is -2.60. The number of nitrogens with zero attached hydrogens (tertiary/aromatic N) is 1. The molecule has 4 rings (SSSR count). The summed E-state index contributed by atoms with van der Waals surface area (Å²) in [5, 5.41) is 14.3. The number of piperidine rings is 1. The van der Waals surface area contributed by atoms with E-state index in [4.69, 9.17) is 17.3 Å². The molecule has 1 saturated heterocycles. The summed E-state index contributed by atoms with van der Waals surface area (Å²) in [6.45, 7) is 2.46. The predicted molar refractivity (Wildman–Crippen MR) is 212 cm³/mol. The van der Waals surface area contributed by atoms with E-state index in [0.29, 0.717) is 24.8 Å². The Morgan fingerprint density at radius 3 is 2.34 bits per heavy atom. The Morgan fingerprint density at radius 2 is 1.64 bits per heavy atom. The molecule has 1 aliphatic heterocycles. The molecule has 3 aromatic rings. The molecule has 56 heavy (non-hydrogen) atoms. The van der Waals surface area contributed by atoms with Crippen LogP contribution in [0.2, 0.25) is 0 Å². The maximum absolute atomic E-state index is 14.2. The van der Waals surface area contributed by atoms with E-state index in [0.717, 1.165) is 28.3 Å². The number of benzene rings is 2. The SMILES string of the molecule is Cc1ccc(CNC(=O)C(CCCNC(N)=O)NC(=O)C(Cc2c[nH]c3ccccc23)NC(=O)[C@@H]2CCCCN2C(=O)C(CCS(C)(=O)=O)NC(=O)CCl)cc1. The number of rotatable bonds is 19. The van der Waals surface area contributed by atoms with Crippen LogP contribution >= 0.6 is 11.6 Å². The van der Waals surface area contributed by atoms with E-state index in [-0.39, 0.29) is 51.1 Å². The number of carbonyl (C=O) groups is 6. The first-order valence-corrected chi connectivity index (χ1v) is 21.1. The van der Waals surface area contributed by atoms with Gasteiger partial charge >= 0.3 is 6.03 Å². The van der Waals surface area contributed by atoms with Crippen molar-refractivity contribution in [2.45, 2.75) is 82.6 Å². The van der Waals surface area contributed by atoms with Gasteiger partial charge in [-0.3, -0.25) is 24.0 Å². The van der Waals surface area contributed by atoms with Gasteiger partial charge in [-0.25, -0.2) is 13.2 Å². The summed E-state index contributed by atoms with van der Waals surface area (Å²) in [6.07, 6.45) is 4.37. The van der Waals surface area contributed by atoms with Gasteiger partial charge in [0.25, 0.3) is 0 Å². The van der Waals surface area contributed by atoms with Gasteiger partial charge in [-0.2, -0.15) is 0 Å².